The van der Waals surface area contributed by atoms with Crippen molar-refractivity contribution in [2.75, 3.05) is 26.2 Å². The number of hydrogen-bond acceptors (Lipinski definition) is 3. The molecule has 0 bridgehead atoms. The number of carbonyl (C=O) groups is 2. The van der Waals surface area contributed by atoms with Crippen molar-refractivity contribution in [2.45, 2.75) is 25.7 Å². The van der Waals surface area contributed by atoms with E-state index < -0.39 is 0 Å². The first-order valence-electron chi connectivity index (χ1n) is 7.09. The van der Waals surface area contributed by atoms with Crippen LogP contribution in [0.1, 0.15) is 25.7 Å². The standard InChI is InChI=1S/C14H19ClN2O2/c15-10-3-4-11-12(9-10)14(19)17(13(11)18)8-7-16-5-1-2-6-16/h3,11-12H,1-2,4-9H2. The summed E-state index contributed by atoms with van der Waals surface area (Å²) in [4.78, 5) is 28.4. The molecular weight excluding hydrogens is 264 g/mol. The number of likely N-dealkylation sites (tertiary alicyclic amines) is 2. The lowest BCUT2D eigenvalue weighted by molar-refractivity contribution is -0.140. The molecule has 3 rings (SSSR count). The molecule has 5 heteroatoms. The molecule has 1 aliphatic carbocycles. The van der Waals surface area contributed by atoms with Crippen molar-refractivity contribution in [3.05, 3.63) is 11.1 Å². The topological polar surface area (TPSA) is 40.6 Å². The number of halogens is 1. The van der Waals surface area contributed by atoms with E-state index in [4.69, 9.17) is 11.6 Å². The molecule has 0 saturated carbocycles. The van der Waals surface area contributed by atoms with Crippen molar-refractivity contribution in [1.82, 2.24) is 9.80 Å². The summed E-state index contributed by atoms with van der Waals surface area (Å²) in [5.41, 5.74) is 0. The number of nitrogens with zero attached hydrogens (tertiary/aromatic N) is 2. The fraction of sp³-hybridized carbons (Fsp3) is 0.714. The molecule has 2 atom stereocenters. The third kappa shape index (κ3) is 2.43. The summed E-state index contributed by atoms with van der Waals surface area (Å²) in [5.74, 6) is -0.368. The van der Waals surface area contributed by atoms with Crippen molar-refractivity contribution in [2.24, 2.45) is 11.8 Å². The molecule has 2 saturated heterocycles. The summed E-state index contributed by atoms with van der Waals surface area (Å²) in [5, 5.41) is 0.726. The molecule has 0 aromatic heterocycles. The van der Waals surface area contributed by atoms with Gasteiger partial charge in [0.15, 0.2) is 0 Å². The van der Waals surface area contributed by atoms with E-state index in [-0.39, 0.29) is 23.7 Å². The van der Waals surface area contributed by atoms with Gasteiger partial charge < -0.3 is 4.90 Å². The monoisotopic (exact) mass is 282 g/mol. The van der Waals surface area contributed by atoms with Crippen LogP contribution >= 0.6 is 11.6 Å². The van der Waals surface area contributed by atoms with E-state index >= 15 is 0 Å². The molecule has 2 amide bonds. The second kappa shape index (κ2) is 5.25. The Hall–Kier alpha value is -0.870. The van der Waals surface area contributed by atoms with Crippen LogP contribution in [-0.4, -0.2) is 47.8 Å². The lowest BCUT2D eigenvalue weighted by atomic mass is 9.85. The Morgan fingerprint density at radius 2 is 1.79 bits per heavy atom. The first kappa shape index (κ1) is 13.1. The highest BCUT2D eigenvalue weighted by Crippen LogP contribution is 2.38. The Balaban J connectivity index is 1.63. The summed E-state index contributed by atoms with van der Waals surface area (Å²) < 4.78 is 0. The van der Waals surface area contributed by atoms with Gasteiger partial charge in [-0.25, -0.2) is 0 Å². The van der Waals surface area contributed by atoms with Crippen LogP contribution in [0.15, 0.2) is 11.1 Å². The SMILES string of the molecule is O=C1C2CC=C(Cl)CC2C(=O)N1CCN1CCCC1. The van der Waals surface area contributed by atoms with Gasteiger partial charge >= 0.3 is 0 Å². The fourth-order valence-corrected chi connectivity index (χ4v) is 3.62. The molecular formula is C14H19ClN2O2. The zero-order chi connectivity index (χ0) is 13.4. The third-order valence-electron chi connectivity index (χ3n) is 4.50. The number of amides is 2. The van der Waals surface area contributed by atoms with E-state index in [1.165, 1.54) is 17.7 Å². The zero-order valence-corrected chi connectivity index (χ0v) is 11.7. The van der Waals surface area contributed by atoms with Gasteiger partial charge in [0.25, 0.3) is 0 Å². The van der Waals surface area contributed by atoms with E-state index in [0.29, 0.717) is 19.4 Å². The van der Waals surface area contributed by atoms with Gasteiger partial charge in [0, 0.05) is 18.1 Å². The highest BCUT2D eigenvalue weighted by atomic mass is 35.5. The minimum absolute atomic E-state index is 0.00890. The minimum atomic E-state index is -0.205. The summed E-state index contributed by atoms with van der Waals surface area (Å²) in [7, 11) is 0. The highest BCUT2D eigenvalue weighted by Gasteiger charge is 2.48. The van der Waals surface area contributed by atoms with Crippen LogP contribution in [0.4, 0.5) is 0 Å². The number of imide groups is 1. The van der Waals surface area contributed by atoms with Crippen molar-refractivity contribution >= 4 is 23.4 Å². The third-order valence-corrected chi connectivity index (χ3v) is 4.81. The van der Waals surface area contributed by atoms with Crippen molar-refractivity contribution in [1.29, 1.82) is 0 Å². The molecule has 0 radical (unpaired) electrons. The van der Waals surface area contributed by atoms with Gasteiger partial charge in [0.2, 0.25) is 11.8 Å². The molecule has 0 N–H and O–H groups in total. The average molecular weight is 283 g/mol. The number of hydrogen-bond donors (Lipinski definition) is 0. The molecule has 3 aliphatic rings. The predicted molar refractivity (Wildman–Crippen MR) is 72.5 cm³/mol. The number of fused-ring (bicyclic) bond motifs is 1. The molecule has 2 fully saturated rings. The maximum absolute atomic E-state index is 12.3. The van der Waals surface area contributed by atoms with Gasteiger partial charge in [-0.1, -0.05) is 17.7 Å². The van der Waals surface area contributed by atoms with Crippen LogP contribution in [-0.2, 0) is 9.59 Å². The molecule has 0 aromatic rings. The largest absolute Gasteiger partial charge is 0.302 e. The smallest absolute Gasteiger partial charge is 0.233 e. The average Bonchev–Trinajstić information content (AvgIpc) is 2.98. The number of rotatable bonds is 3. The first-order valence-corrected chi connectivity index (χ1v) is 7.46. The molecule has 4 nitrogen and oxygen atoms in total. The van der Waals surface area contributed by atoms with E-state index in [1.807, 2.05) is 6.08 Å². The molecule has 2 unspecified atom stereocenters. The van der Waals surface area contributed by atoms with Gasteiger partial charge in [-0.3, -0.25) is 14.5 Å². The Bertz CT molecular complexity index is 429. The Kier molecular flexibility index (Phi) is 3.63. The summed E-state index contributed by atoms with van der Waals surface area (Å²) in [6.07, 6.45) is 5.50. The Labute approximate surface area is 118 Å². The number of allylic oxidation sites excluding steroid dienone is 2. The second-order valence-corrected chi connectivity index (χ2v) is 6.17. The minimum Gasteiger partial charge on any atom is -0.302 e. The highest BCUT2D eigenvalue weighted by molar-refractivity contribution is 6.30. The summed E-state index contributed by atoms with van der Waals surface area (Å²) in [6.45, 7) is 3.55. The van der Waals surface area contributed by atoms with Gasteiger partial charge in [0.1, 0.15) is 0 Å². The molecule has 2 heterocycles. The molecule has 104 valence electrons. The van der Waals surface area contributed by atoms with Crippen LogP contribution < -0.4 is 0 Å². The van der Waals surface area contributed by atoms with Crippen LogP contribution in [0.25, 0.3) is 0 Å². The van der Waals surface area contributed by atoms with Gasteiger partial charge in [0.05, 0.1) is 11.8 Å². The van der Waals surface area contributed by atoms with Crippen molar-refractivity contribution in [3.63, 3.8) is 0 Å². The van der Waals surface area contributed by atoms with E-state index in [0.717, 1.165) is 24.7 Å². The van der Waals surface area contributed by atoms with Crippen LogP contribution in [0.3, 0.4) is 0 Å². The van der Waals surface area contributed by atoms with E-state index in [9.17, 15) is 9.59 Å². The van der Waals surface area contributed by atoms with Crippen LogP contribution in [0.5, 0.6) is 0 Å². The van der Waals surface area contributed by atoms with Crippen LogP contribution in [0.2, 0.25) is 0 Å². The lowest BCUT2D eigenvalue weighted by Crippen LogP contribution is -2.38. The summed E-state index contributed by atoms with van der Waals surface area (Å²) in [6, 6.07) is 0. The van der Waals surface area contributed by atoms with Gasteiger partial charge in [-0.2, -0.15) is 0 Å². The summed E-state index contributed by atoms with van der Waals surface area (Å²) >= 11 is 6.00. The van der Waals surface area contributed by atoms with E-state index in [1.54, 1.807) is 0 Å². The molecule has 2 aliphatic heterocycles. The van der Waals surface area contributed by atoms with E-state index in [2.05, 4.69) is 4.90 Å². The normalized spacial score (nSPS) is 31.8. The molecule has 0 spiro atoms. The lowest BCUT2D eigenvalue weighted by Gasteiger charge is -2.20. The maximum atomic E-state index is 12.3. The number of carbonyl (C=O) groups excluding carboxylic acids is 2. The van der Waals surface area contributed by atoms with Gasteiger partial charge in [-0.15, -0.1) is 0 Å². The maximum Gasteiger partial charge on any atom is 0.233 e. The fourth-order valence-electron chi connectivity index (χ4n) is 3.36. The quantitative estimate of drug-likeness (QED) is 0.738. The zero-order valence-electron chi connectivity index (χ0n) is 11.0. The Morgan fingerprint density at radius 3 is 2.53 bits per heavy atom. The Morgan fingerprint density at radius 1 is 1.11 bits per heavy atom. The predicted octanol–water partition coefficient (Wildman–Crippen LogP) is 1.60. The molecule has 0 aromatic carbocycles. The first-order chi connectivity index (χ1) is 9.16. The van der Waals surface area contributed by atoms with Gasteiger partial charge in [-0.05, 0) is 38.8 Å². The molecule has 19 heavy (non-hydrogen) atoms. The van der Waals surface area contributed by atoms with Crippen LogP contribution in [0, 0.1) is 11.8 Å². The van der Waals surface area contributed by atoms with Crippen molar-refractivity contribution < 1.29 is 9.59 Å². The van der Waals surface area contributed by atoms with Crippen molar-refractivity contribution in [3.8, 4) is 0 Å². The second-order valence-electron chi connectivity index (χ2n) is 5.68.